The first-order chi connectivity index (χ1) is 8.16. The van der Waals surface area contributed by atoms with Gasteiger partial charge in [0.1, 0.15) is 5.41 Å². The number of nitrogen functional groups attached to an aromatic ring is 1. The lowest BCUT2D eigenvalue weighted by molar-refractivity contribution is 0.741. The van der Waals surface area contributed by atoms with Crippen LogP contribution >= 0.6 is 0 Å². The minimum absolute atomic E-state index is 0.630. The van der Waals surface area contributed by atoms with Crippen LogP contribution in [0.15, 0.2) is 54.6 Å². The van der Waals surface area contributed by atoms with Crippen LogP contribution in [0.3, 0.4) is 0 Å². The van der Waals surface area contributed by atoms with Crippen molar-refractivity contribution in [1.82, 2.24) is 0 Å². The highest BCUT2D eigenvalue weighted by Crippen LogP contribution is 2.31. The van der Waals surface area contributed by atoms with Gasteiger partial charge in [0.05, 0.1) is 6.07 Å². The predicted molar refractivity (Wildman–Crippen MR) is 69.4 cm³/mol. The van der Waals surface area contributed by atoms with E-state index in [1.165, 1.54) is 0 Å². The fourth-order valence-corrected chi connectivity index (χ4v) is 1.88. The number of nitrogens with two attached hydrogens (primary N) is 1. The number of anilines is 1. The highest BCUT2D eigenvalue weighted by Gasteiger charge is 2.28. The summed E-state index contributed by atoms with van der Waals surface area (Å²) in [6, 6.07) is 19.6. The summed E-state index contributed by atoms with van der Waals surface area (Å²) in [7, 11) is 0. The average Bonchev–Trinajstić information content (AvgIpc) is 2.40. The van der Waals surface area contributed by atoms with Gasteiger partial charge in [-0.15, -0.1) is 0 Å². The van der Waals surface area contributed by atoms with Crippen LogP contribution in [0.1, 0.15) is 18.1 Å². The van der Waals surface area contributed by atoms with Gasteiger partial charge in [0.25, 0.3) is 0 Å². The first-order valence-electron chi connectivity index (χ1n) is 5.49. The van der Waals surface area contributed by atoms with E-state index in [0.717, 1.165) is 11.1 Å². The molecule has 0 aliphatic rings. The van der Waals surface area contributed by atoms with E-state index < -0.39 is 5.41 Å². The van der Waals surface area contributed by atoms with Gasteiger partial charge in [-0.05, 0) is 30.2 Å². The molecule has 0 aromatic heterocycles. The smallest absolute Gasteiger partial charge is 0.104 e. The summed E-state index contributed by atoms with van der Waals surface area (Å²) in [5, 5.41) is 9.48. The second-order valence-electron chi connectivity index (χ2n) is 4.22. The highest BCUT2D eigenvalue weighted by molar-refractivity contribution is 5.49. The zero-order valence-corrected chi connectivity index (χ0v) is 9.72. The monoisotopic (exact) mass is 222 g/mol. The summed E-state index contributed by atoms with van der Waals surface area (Å²) in [4.78, 5) is 0. The SMILES string of the molecule is CC(C#N)(c1ccccc1)c1ccc(N)cc1. The molecular weight excluding hydrogens is 208 g/mol. The molecule has 1 atom stereocenters. The second-order valence-corrected chi connectivity index (χ2v) is 4.22. The lowest BCUT2D eigenvalue weighted by atomic mass is 9.77. The maximum atomic E-state index is 9.48. The van der Waals surface area contributed by atoms with Crippen molar-refractivity contribution in [3.05, 3.63) is 65.7 Å². The molecule has 0 saturated heterocycles. The Bertz CT molecular complexity index is 537. The van der Waals surface area contributed by atoms with Crippen LogP contribution in [0.4, 0.5) is 5.69 Å². The van der Waals surface area contributed by atoms with E-state index in [9.17, 15) is 5.26 Å². The first kappa shape index (κ1) is 11.2. The fourth-order valence-electron chi connectivity index (χ4n) is 1.88. The summed E-state index contributed by atoms with van der Waals surface area (Å²) in [5.74, 6) is 0. The van der Waals surface area contributed by atoms with Crippen molar-refractivity contribution in [1.29, 1.82) is 5.26 Å². The molecule has 0 bridgehead atoms. The largest absolute Gasteiger partial charge is 0.399 e. The third kappa shape index (κ3) is 2.00. The van der Waals surface area contributed by atoms with Crippen molar-refractivity contribution < 1.29 is 0 Å². The Labute approximate surface area is 101 Å². The van der Waals surface area contributed by atoms with Gasteiger partial charge in [-0.1, -0.05) is 42.5 Å². The molecule has 1 unspecified atom stereocenters. The number of hydrogen-bond acceptors (Lipinski definition) is 2. The number of rotatable bonds is 2. The quantitative estimate of drug-likeness (QED) is 0.794. The molecule has 17 heavy (non-hydrogen) atoms. The summed E-state index contributed by atoms with van der Waals surface area (Å²) in [6.07, 6.45) is 0. The van der Waals surface area contributed by atoms with Gasteiger partial charge < -0.3 is 5.73 Å². The van der Waals surface area contributed by atoms with Crippen LogP contribution in [-0.2, 0) is 5.41 Å². The molecule has 0 amide bonds. The molecule has 2 heteroatoms. The summed E-state index contributed by atoms with van der Waals surface area (Å²) in [5.41, 5.74) is 7.70. The zero-order chi connectivity index (χ0) is 12.3. The molecule has 84 valence electrons. The van der Waals surface area contributed by atoms with Crippen molar-refractivity contribution in [3.8, 4) is 6.07 Å². The van der Waals surface area contributed by atoms with Crippen LogP contribution < -0.4 is 5.73 Å². The van der Waals surface area contributed by atoms with Gasteiger partial charge in [0.15, 0.2) is 0 Å². The normalized spacial score (nSPS) is 13.6. The third-order valence-electron chi connectivity index (χ3n) is 3.06. The van der Waals surface area contributed by atoms with E-state index in [1.807, 2.05) is 61.5 Å². The number of hydrogen-bond donors (Lipinski definition) is 1. The Balaban J connectivity index is 2.53. The number of nitrogens with zero attached hydrogens (tertiary/aromatic N) is 1. The lowest BCUT2D eigenvalue weighted by Gasteiger charge is -2.22. The zero-order valence-electron chi connectivity index (χ0n) is 9.72. The minimum atomic E-state index is -0.630. The second kappa shape index (κ2) is 4.31. The van der Waals surface area contributed by atoms with Gasteiger partial charge in [0, 0.05) is 5.69 Å². The molecule has 2 N–H and O–H groups in total. The van der Waals surface area contributed by atoms with Gasteiger partial charge >= 0.3 is 0 Å². The molecule has 2 rings (SSSR count). The molecule has 0 heterocycles. The molecule has 2 aromatic rings. The Morgan fingerprint density at radius 1 is 0.941 bits per heavy atom. The Morgan fingerprint density at radius 3 is 2.00 bits per heavy atom. The van der Waals surface area contributed by atoms with E-state index >= 15 is 0 Å². The fraction of sp³-hybridized carbons (Fsp3) is 0.133. The van der Waals surface area contributed by atoms with Crippen LogP contribution in [0, 0.1) is 11.3 Å². The summed E-state index contributed by atoms with van der Waals surface area (Å²) < 4.78 is 0. The Hall–Kier alpha value is -2.27. The summed E-state index contributed by atoms with van der Waals surface area (Å²) >= 11 is 0. The highest BCUT2D eigenvalue weighted by atomic mass is 14.5. The van der Waals surface area contributed by atoms with Crippen molar-refractivity contribution in [2.24, 2.45) is 0 Å². The lowest BCUT2D eigenvalue weighted by Crippen LogP contribution is -2.21. The molecule has 0 spiro atoms. The van der Waals surface area contributed by atoms with Gasteiger partial charge in [0.2, 0.25) is 0 Å². The van der Waals surface area contributed by atoms with Crippen LogP contribution in [0.5, 0.6) is 0 Å². The predicted octanol–water partition coefficient (Wildman–Crippen LogP) is 3.10. The van der Waals surface area contributed by atoms with Gasteiger partial charge in [-0.2, -0.15) is 5.26 Å². The molecule has 0 radical (unpaired) electrons. The molecule has 0 aliphatic heterocycles. The molecular formula is C15H14N2. The maximum absolute atomic E-state index is 9.48. The molecule has 2 nitrogen and oxygen atoms in total. The number of benzene rings is 2. The van der Waals surface area contributed by atoms with E-state index in [4.69, 9.17) is 5.73 Å². The van der Waals surface area contributed by atoms with Crippen molar-refractivity contribution >= 4 is 5.69 Å². The molecule has 0 aliphatic carbocycles. The van der Waals surface area contributed by atoms with E-state index in [2.05, 4.69) is 6.07 Å². The van der Waals surface area contributed by atoms with E-state index in [-0.39, 0.29) is 0 Å². The molecule has 0 fully saturated rings. The minimum Gasteiger partial charge on any atom is -0.399 e. The summed E-state index contributed by atoms with van der Waals surface area (Å²) in [6.45, 7) is 1.92. The van der Waals surface area contributed by atoms with Gasteiger partial charge in [-0.3, -0.25) is 0 Å². The van der Waals surface area contributed by atoms with Crippen LogP contribution in [-0.4, -0.2) is 0 Å². The third-order valence-corrected chi connectivity index (χ3v) is 3.06. The van der Waals surface area contributed by atoms with E-state index in [0.29, 0.717) is 5.69 Å². The van der Waals surface area contributed by atoms with Gasteiger partial charge in [-0.25, -0.2) is 0 Å². The standard InChI is InChI=1S/C15H14N2/c1-15(11-16,12-5-3-2-4-6-12)13-7-9-14(17)10-8-13/h2-10H,17H2,1H3. The van der Waals surface area contributed by atoms with Crippen molar-refractivity contribution in [2.45, 2.75) is 12.3 Å². The first-order valence-corrected chi connectivity index (χ1v) is 5.49. The van der Waals surface area contributed by atoms with Crippen LogP contribution in [0.2, 0.25) is 0 Å². The van der Waals surface area contributed by atoms with E-state index in [1.54, 1.807) is 0 Å². The Kier molecular flexibility index (Phi) is 2.84. The molecule has 2 aromatic carbocycles. The van der Waals surface area contributed by atoms with Crippen LogP contribution in [0.25, 0.3) is 0 Å². The van der Waals surface area contributed by atoms with Crippen molar-refractivity contribution in [2.75, 3.05) is 5.73 Å². The average molecular weight is 222 g/mol. The topological polar surface area (TPSA) is 49.8 Å². The Morgan fingerprint density at radius 2 is 1.47 bits per heavy atom. The van der Waals surface area contributed by atoms with Crippen molar-refractivity contribution in [3.63, 3.8) is 0 Å². The maximum Gasteiger partial charge on any atom is 0.104 e. The molecule has 0 saturated carbocycles. The number of nitriles is 1.